The van der Waals surface area contributed by atoms with Crippen molar-refractivity contribution in [3.8, 4) is 11.5 Å². The fourth-order valence-electron chi connectivity index (χ4n) is 5.46. The van der Waals surface area contributed by atoms with Crippen molar-refractivity contribution in [1.29, 1.82) is 0 Å². The first-order chi connectivity index (χ1) is 18.8. The summed E-state index contributed by atoms with van der Waals surface area (Å²) in [7, 11) is 0. The van der Waals surface area contributed by atoms with Gasteiger partial charge in [0.25, 0.3) is 0 Å². The van der Waals surface area contributed by atoms with Crippen LogP contribution in [0, 0.1) is 0 Å². The molecule has 0 radical (unpaired) electrons. The molecule has 0 N–H and O–H groups in total. The number of carbonyl (C=O) groups excluding carboxylic acids is 1. The number of anilines is 1. The summed E-state index contributed by atoms with van der Waals surface area (Å²) < 4.78 is 11.7. The van der Waals surface area contributed by atoms with E-state index in [1.54, 1.807) is 0 Å². The molecular weight excluding hydrogens is 472 g/mol. The van der Waals surface area contributed by atoms with E-state index in [2.05, 4.69) is 64.4 Å². The number of rotatable bonds is 4. The Kier molecular flexibility index (Phi) is 9.20. The smallest absolute Gasteiger partial charge is 0.227 e. The average Bonchev–Trinajstić information content (AvgIpc) is 3.18. The Labute approximate surface area is 227 Å². The first kappa shape index (κ1) is 26.1. The summed E-state index contributed by atoms with van der Waals surface area (Å²) in [5.41, 5.74) is 4.74. The van der Waals surface area contributed by atoms with Gasteiger partial charge in [0, 0.05) is 38.3 Å². The zero-order valence-electron chi connectivity index (χ0n) is 22.4. The second kappa shape index (κ2) is 13.4. The molecule has 3 aromatic rings. The molecule has 0 spiro atoms. The number of hydrogen-bond acceptors (Lipinski definition) is 4. The van der Waals surface area contributed by atoms with Gasteiger partial charge in [0.05, 0.1) is 19.6 Å². The summed E-state index contributed by atoms with van der Waals surface area (Å²) in [5, 5.41) is 0. The van der Waals surface area contributed by atoms with E-state index >= 15 is 0 Å². The lowest BCUT2D eigenvalue weighted by atomic mass is 10.1. The third-order valence-corrected chi connectivity index (χ3v) is 7.54. The van der Waals surface area contributed by atoms with Gasteiger partial charge in [-0.1, -0.05) is 80.3 Å². The van der Waals surface area contributed by atoms with Gasteiger partial charge in [-0.3, -0.25) is 4.79 Å². The Hall–Kier alpha value is -3.47. The Morgan fingerprint density at radius 3 is 2.24 bits per heavy atom. The summed E-state index contributed by atoms with van der Waals surface area (Å²) in [6.07, 6.45) is 8.38. The molecule has 5 rings (SSSR count). The molecule has 0 unspecified atom stereocenters. The van der Waals surface area contributed by atoms with Crippen molar-refractivity contribution in [2.75, 3.05) is 31.2 Å². The van der Waals surface area contributed by atoms with E-state index in [9.17, 15) is 4.79 Å². The van der Waals surface area contributed by atoms with Gasteiger partial charge in [0.1, 0.15) is 0 Å². The van der Waals surface area contributed by atoms with Gasteiger partial charge in [0.15, 0.2) is 11.5 Å². The average molecular weight is 513 g/mol. The standard InChI is InChI=1S/C33H40N2O3/c36-33(24-28-17-18-31-32(23-28)38-22-12-21-37-31)35-20-11-4-2-1-3-10-19-34(25-27-13-6-5-7-14-27)30-16-9-8-15-29(30)26-35/h5-9,13-18,23H,1-4,10-12,19-22,24-26H2. The van der Waals surface area contributed by atoms with E-state index in [-0.39, 0.29) is 5.91 Å². The second-order valence-electron chi connectivity index (χ2n) is 10.5. The van der Waals surface area contributed by atoms with Crippen LogP contribution in [-0.2, 0) is 24.3 Å². The topological polar surface area (TPSA) is 42.0 Å². The number of nitrogens with zero attached hydrogens (tertiary/aromatic N) is 2. The minimum absolute atomic E-state index is 0.166. The molecule has 1 amide bonds. The number of fused-ring (bicyclic) bond motifs is 2. The van der Waals surface area contributed by atoms with Gasteiger partial charge in [0.2, 0.25) is 5.91 Å². The zero-order chi connectivity index (χ0) is 26.0. The fraction of sp³-hybridized carbons (Fsp3) is 0.424. The van der Waals surface area contributed by atoms with Crippen molar-refractivity contribution in [1.82, 2.24) is 4.90 Å². The lowest BCUT2D eigenvalue weighted by Gasteiger charge is -2.30. The van der Waals surface area contributed by atoms with Gasteiger partial charge in [-0.15, -0.1) is 0 Å². The molecule has 2 heterocycles. The van der Waals surface area contributed by atoms with E-state index in [1.807, 2.05) is 18.2 Å². The molecule has 0 fully saturated rings. The second-order valence-corrected chi connectivity index (χ2v) is 10.5. The third-order valence-electron chi connectivity index (χ3n) is 7.54. The molecule has 5 heteroatoms. The maximum absolute atomic E-state index is 13.7. The van der Waals surface area contributed by atoms with Crippen molar-refractivity contribution < 1.29 is 14.3 Å². The van der Waals surface area contributed by atoms with Gasteiger partial charge >= 0.3 is 0 Å². The number of ether oxygens (including phenoxy) is 2. The van der Waals surface area contributed by atoms with Gasteiger partial charge in [-0.25, -0.2) is 0 Å². The third kappa shape index (κ3) is 7.09. The molecule has 38 heavy (non-hydrogen) atoms. The van der Waals surface area contributed by atoms with Gasteiger partial charge in [-0.2, -0.15) is 0 Å². The predicted octanol–water partition coefficient (Wildman–Crippen LogP) is 6.78. The highest BCUT2D eigenvalue weighted by atomic mass is 16.5. The molecule has 0 aromatic heterocycles. The van der Waals surface area contributed by atoms with Crippen LogP contribution < -0.4 is 14.4 Å². The minimum Gasteiger partial charge on any atom is -0.490 e. The number of hydrogen-bond donors (Lipinski definition) is 0. The number of para-hydroxylation sites is 1. The molecule has 0 aliphatic carbocycles. The van der Waals surface area contributed by atoms with Crippen molar-refractivity contribution >= 4 is 11.6 Å². The quantitative estimate of drug-likeness (QED) is 0.386. The van der Waals surface area contributed by atoms with E-state index in [0.29, 0.717) is 26.2 Å². The molecule has 5 nitrogen and oxygen atoms in total. The predicted molar refractivity (Wildman–Crippen MR) is 153 cm³/mol. The number of benzene rings is 3. The highest BCUT2D eigenvalue weighted by Gasteiger charge is 2.20. The summed E-state index contributed by atoms with van der Waals surface area (Å²) in [5.74, 6) is 1.69. The van der Waals surface area contributed by atoms with E-state index in [1.165, 1.54) is 48.9 Å². The van der Waals surface area contributed by atoms with Gasteiger partial charge < -0.3 is 19.3 Å². The van der Waals surface area contributed by atoms with Crippen LogP contribution in [0.25, 0.3) is 0 Å². The van der Waals surface area contributed by atoms with Gasteiger partial charge in [-0.05, 0) is 47.7 Å². The minimum atomic E-state index is 0.166. The lowest BCUT2D eigenvalue weighted by molar-refractivity contribution is -0.131. The SMILES string of the molecule is O=C(Cc1ccc2c(c1)OCCCO2)N1CCCCCCCCN(Cc2ccccc2)c2ccccc2C1. The van der Waals surface area contributed by atoms with Crippen LogP contribution in [0.2, 0.25) is 0 Å². The summed E-state index contributed by atoms with van der Waals surface area (Å²) in [6, 6.07) is 25.3. The molecule has 200 valence electrons. The summed E-state index contributed by atoms with van der Waals surface area (Å²) in [6.45, 7) is 4.63. The molecule has 0 saturated heterocycles. The van der Waals surface area contributed by atoms with Crippen LogP contribution in [0.4, 0.5) is 5.69 Å². The van der Waals surface area contributed by atoms with E-state index < -0.39 is 0 Å². The van der Waals surface area contributed by atoms with Crippen LogP contribution in [-0.4, -0.2) is 37.1 Å². The van der Waals surface area contributed by atoms with E-state index in [0.717, 1.165) is 49.5 Å². The van der Waals surface area contributed by atoms with Crippen LogP contribution in [0.5, 0.6) is 11.5 Å². The molecule has 2 aliphatic rings. The monoisotopic (exact) mass is 512 g/mol. The van der Waals surface area contributed by atoms with Crippen LogP contribution in [0.15, 0.2) is 72.8 Å². The first-order valence-electron chi connectivity index (χ1n) is 14.3. The fourth-order valence-corrected chi connectivity index (χ4v) is 5.46. The molecule has 0 atom stereocenters. The van der Waals surface area contributed by atoms with Crippen LogP contribution >= 0.6 is 0 Å². The summed E-state index contributed by atoms with van der Waals surface area (Å²) in [4.78, 5) is 18.3. The maximum atomic E-state index is 13.7. The number of amides is 1. The Bertz CT molecular complexity index is 1180. The molecule has 2 aliphatic heterocycles. The first-order valence-corrected chi connectivity index (χ1v) is 14.3. The highest BCUT2D eigenvalue weighted by Crippen LogP contribution is 2.31. The van der Waals surface area contributed by atoms with Crippen molar-refractivity contribution in [3.63, 3.8) is 0 Å². The molecule has 3 aromatic carbocycles. The number of carbonyl (C=O) groups is 1. The van der Waals surface area contributed by atoms with Crippen molar-refractivity contribution in [2.24, 2.45) is 0 Å². The molecule has 0 bridgehead atoms. The van der Waals surface area contributed by atoms with Crippen LogP contribution in [0.1, 0.15) is 61.6 Å². The van der Waals surface area contributed by atoms with Crippen LogP contribution in [0.3, 0.4) is 0 Å². The Morgan fingerprint density at radius 2 is 1.39 bits per heavy atom. The highest BCUT2D eigenvalue weighted by molar-refractivity contribution is 5.79. The lowest BCUT2D eigenvalue weighted by Crippen LogP contribution is -2.34. The van der Waals surface area contributed by atoms with Crippen molar-refractivity contribution in [2.45, 2.75) is 64.5 Å². The summed E-state index contributed by atoms with van der Waals surface area (Å²) >= 11 is 0. The zero-order valence-corrected chi connectivity index (χ0v) is 22.4. The molecule has 0 saturated carbocycles. The van der Waals surface area contributed by atoms with E-state index in [4.69, 9.17) is 9.47 Å². The Morgan fingerprint density at radius 1 is 0.684 bits per heavy atom. The van der Waals surface area contributed by atoms with Crippen molar-refractivity contribution in [3.05, 3.63) is 89.5 Å². The maximum Gasteiger partial charge on any atom is 0.227 e. The molecular formula is C33H40N2O3. The Balaban J connectivity index is 1.37. The largest absolute Gasteiger partial charge is 0.490 e. The normalized spacial score (nSPS) is 16.8.